The smallest absolute Gasteiger partial charge is 0.240 e. The minimum atomic E-state index is -3.70. The van der Waals surface area contributed by atoms with E-state index < -0.39 is 15.9 Å². The molecule has 0 aromatic heterocycles. The van der Waals surface area contributed by atoms with E-state index in [-0.39, 0.29) is 30.4 Å². The van der Waals surface area contributed by atoms with E-state index in [1.54, 1.807) is 6.07 Å². The van der Waals surface area contributed by atoms with Gasteiger partial charge < -0.3 is 14.8 Å². The van der Waals surface area contributed by atoms with E-state index in [1.165, 1.54) is 19.2 Å². The van der Waals surface area contributed by atoms with Gasteiger partial charge in [-0.2, -0.15) is 0 Å². The van der Waals surface area contributed by atoms with Gasteiger partial charge in [0.15, 0.2) is 0 Å². The van der Waals surface area contributed by atoms with Crippen LogP contribution < -0.4 is 19.1 Å². The fraction of sp³-hybridized carbons (Fsp3) is 0.227. The zero-order chi connectivity index (χ0) is 22.4. The summed E-state index contributed by atoms with van der Waals surface area (Å²) in [4.78, 5) is 12.3. The standard InChI is InChI=1S/C22H23ClN2O5S/c1-29-21-10-8-18(14-20(21)23)25(31(2,27)28)15-22(26)24-11-12-30-19-9-7-16-5-3-4-6-17(16)13-19/h3-10,13-14H,11-12,15H2,1-2H3,(H,24,26). The summed E-state index contributed by atoms with van der Waals surface area (Å²) in [6.07, 6.45) is 1.03. The lowest BCUT2D eigenvalue weighted by molar-refractivity contribution is -0.119. The molecule has 0 aliphatic rings. The number of amides is 1. The molecule has 9 heteroatoms. The second-order valence-electron chi connectivity index (χ2n) is 6.80. The van der Waals surface area contributed by atoms with Crippen molar-refractivity contribution in [3.8, 4) is 11.5 Å². The van der Waals surface area contributed by atoms with Gasteiger partial charge in [0.05, 0.1) is 30.6 Å². The van der Waals surface area contributed by atoms with Gasteiger partial charge in [-0.15, -0.1) is 0 Å². The molecule has 0 unspecified atom stereocenters. The van der Waals surface area contributed by atoms with E-state index in [2.05, 4.69) is 5.32 Å². The van der Waals surface area contributed by atoms with Crippen LogP contribution in [0, 0.1) is 0 Å². The average Bonchev–Trinajstić information content (AvgIpc) is 2.74. The van der Waals surface area contributed by atoms with Crippen LogP contribution in [0.15, 0.2) is 60.7 Å². The first kappa shape index (κ1) is 22.7. The van der Waals surface area contributed by atoms with Crippen LogP contribution in [0.4, 0.5) is 5.69 Å². The summed E-state index contributed by atoms with van der Waals surface area (Å²) in [6.45, 7) is 0.0986. The normalized spacial score (nSPS) is 11.2. The predicted octanol–water partition coefficient (Wildman–Crippen LogP) is 3.46. The molecule has 3 rings (SSSR count). The van der Waals surface area contributed by atoms with Gasteiger partial charge in [-0.3, -0.25) is 9.10 Å². The van der Waals surface area contributed by atoms with E-state index in [9.17, 15) is 13.2 Å². The summed E-state index contributed by atoms with van der Waals surface area (Å²) in [7, 11) is -2.24. The van der Waals surface area contributed by atoms with Crippen LogP contribution in [0.3, 0.4) is 0 Å². The van der Waals surface area contributed by atoms with Crippen molar-refractivity contribution in [2.24, 2.45) is 0 Å². The number of fused-ring (bicyclic) bond motifs is 1. The minimum Gasteiger partial charge on any atom is -0.495 e. The van der Waals surface area contributed by atoms with Crippen molar-refractivity contribution in [2.45, 2.75) is 0 Å². The monoisotopic (exact) mass is 462 g/mol. The lowest BCUT2D eigenvalue weighted by Gasteiger charge is -2.22. The first-order chi connectivity index (χ1) is 14.8. The molecule has 3 aromatic rings. The number of carbonyl (C=O) groups excluding carboxylic acids is 1. The maximum absolute atomic E-state index is 12.3. The van der Waals surface area contributed by atoms with Crippen molar-refractivity contribution < 1.29 is 22.7 Å². The molecule has 1 amide bonds. The maximum Gasteiger partial charge on any atom is 0.240 e. The molecule has 0 fully saturated rings. The number of halogens is 1. The predicted molar refractivity (Wildman–Crippen MR) is 123 cm³/mol. The molecule has 0 atom stereocenters. The second-order valence-corrected chi connectivity index (χ2v) is 9.11. The van der Waals surface area contributed by atoms with Crippen molar-refractivity contribution in [3.63, 3.8) is 0 Å². The Morgan fingerprint density at radius 3 is 2.48 bits per heavy atom. The largest absolute Gasteiger partial charge is 0.495 e. The highest BCUT2D eigenvalue weighted by Crippen LogP contribution is 2.30. The van der Waals surface area contributed by atoms with Crippen molar-refractivity contribution in [2.75, 3.05) is 37.4 Å². The van der Waals surface area contributed by atoms with Crippen LogP contribution in [0.2, 0.25) is 5.02 Å². The molecule has 0 saturated carbocycles. The third kappa shape index (κ3) is 6.02. The second kappa shape index (κ2) is 9.89. The Labute approximate surface area is 186 Å². The Morgan fingerprint density at radius 1 is 1.06 bits per heavy atom. The Hall–Kier alpha value is -2.97. The molecule has 0 radical (unpaired) electrons. The Balaban J connectivity index is 1.56. The summed E-state index contributed by atoms with van der Waals surface area (Å²) in [5.74, 6) is 0.646. The molecule has 0 heterocycles. The Morgan fingerprint density at radius 2 is 1.81 bits per heavy atom. The van der Waals surface area contributed by atoms with Crippen molar-refractivity contribution in [3.05, 3.63) is 65.7 Å². The minimum absolute atomic E-state index is 0.229. The number of rotatable bonds is 9. The summed E-state index contributed by atoms with van der Waals surface area (Å²) in [5, 5.41) is 5.09. The van der Waals surface area contributed by atoms with E-state index in [0.29, 0.717) is 11.5 Å². The van der Waals surface area contributed by atoms with Crippen LogP contribution in [-0.2, 0) is 14.8 Å². The molecule has 1 N–H and O–H groups in total. The van der Waals surface area contributed by atoms with E-state index >= 15 is 0 Å². The molecule has 0 aliphatic heterocycles. The Kier molecular flexibility index (Phi) is 7.25. The summed E-state index contributed by atoms with van der Waals surface area (Å²) in [5.41, 5.74) is 0.274. The molecular weight excluding hydrogens is 440 g/mol. The summed E-state index contributed by atoms with van der Waals surface area (Å²) >= 11 is 6.09. The number of carbonyl (C=O) groups is 1. The number of nitrogens with zero attached hydrogens (tertiary/aromatic N) is 1. The first-order valence-electron chi connectivity index (χ1n) is 9.47. The van der Waals surface area contributed by atoms with E-state index in [1.807, 2.05) is 42.5 Å². The molecule has 0 bridgehead atoms. The lowest BCUT2D eigenvalue weighted by atomic mass is 10.1. The topological polar surface area (TPSA) is 84.9 Å². The fourth-order valence-electron chi connectivity index (χ4n) is 3.01. The number of anilines is 1. The third-order valence-corrected chi connectivity index (χ3v) is 5.96. The van der Waals surface area contributed by atoms with Crippen LogP contribution >= 0.6 is 11.6 Å². The summed E-state index contributed by atoms with van der Waals surface area (Å²) < 4.78 is 36.2. The molecule has 164 valence electrons. The van der Waals surface area contributed by atoms with Crippen molar-refractivity contribution in [1.82, 2.24) is 5.32 Å². The number of sulfonamides is 1. The third-order valence-electron chi connectivity index (χ3n) is 4.52. The van der Waals surface area contributed by atoms with Crippen LogP contribution in [-0.4, -0.2) is 47.4 Å². The van der Waals surface area contributed by atoms with Gasteiger partial charge in [0.1, 0.15) is 24.7 Å². The van der Waals surface area contributed by atoms with Gasteiger partial charge in [0.2, 0.25) is 15.9 Å². The highest BCUT2D eigenvalue weighted by atomic mass is 35.5. The van der Waals surface area contributed by atoms with Crippen molar-refractivity contribution in [1.29, 1.82) is 0 Å². The molecule has 31 heavy (non-hydrogen) atoms. The number of hydrogen-bond acceptors (Lipinski definition) is 5. The SMILES string of the molecule is COc1ccc(N(CC(=O)NCCOc2ccc3ccccc3c2)S(C)(=O)=O)cc1Cl. The number of hydrogen-bond donors (Lipinski definition) is 1. The number of methoxy groups -OCH3 is 1. The highest BCUT2D eigenvalue weighted by molar-refractivity contribution is 7.92. The maximum atomic E-state index is 12.3. The number of benzene rings is 3. The molecule has 0 saturated heterocycles. The molecule has 0 spiro atoms. The molecule has 7 nitrogen and oxygen atoms in total. The lowest BCUT2D eigenvalue weighted by Crippen LogP contribution is -2.41. The van der Waals surface area contributed by atoms with Gasteiger partial charge >= 0.3 is 0 Å². The number of nitrogens with one attached hydrogen (secondary N) is 1. The quantitative estimate of drug-likeness (QED) is 0.492. The van der Waals surface area contributed by atoms with E-state index in [0.717, 1.165) is 21.3 Å². The summed E-state index contributed by atoms with van der Waals surface area (Å²) in [6, 6.07) is 18.2. The van der Waals surface area contributed by atoms with Gasteiger partial charge in [-0.25, -0.2) is 8.42 Å². The van der Waals surface area contributed by atoms with E-state index in [4.69, 9.17) is 21.1 Å². The Bertz CT molecular complexity index is 1180. The van der Waals surface area contributed by atoms with Crippen LogP contribution in [0.5, 0.6) is 11.5 Å². The van der Waals surface area contributed by atoms with Crippen molar-refractivity contribution >= 4 is 44.0 Å². The zero-order valence-corrected chi connectivity index (χ0v) is 18.7. The highest BCUT2D eigenvalue weighted by Gasteiger charge is 2.21. The molecule has 0 aliphatic carbocycles. The molecule has 3 aromatic carbocycles. The molecular formula is C22H23ClN2O5S. The van der Waals surface area contributed by atoms with Crippen LogP contribution in [0.1, 0.15) is 0 Å². The average molecular weight is 463 g/mol. The fourth-order valence-corrected chi connectivity index (χ4v) is 4.11. The van der Waals surface area contributed by atoms with Crippen LogP contribution in [0.25, 0.3) is 10.8 Å². The first-order valence-corrected chi connectivity index (χ1v) is 11.7. The van der Waals surface area contributed by atoms with Gasteiger partial charge in [0, 0.05) is 0 Å². The van der Waals surface area contributed by atoms with Gasteiger partial charge in [-0.05, 0) is 41.1 Å². The van der Waals surface area contributed by atoms with Gasteiger partial charge in [-0.1, -0.05) is 41.9 Å². The zero-order valence-electron chi connectivity index (χ0n) is 17.2. The number of ether oxygens (including phenoxy) is 2. The van der Waals surface area contributed by atoms with Gasteiger partial charge in [0.25, 0.3) is 0 Å².